The predicted octanol–water partition coefficient (Wildman–Crippen LogP) is 2.54. The van der Waals surface area contributed by atoms with Gasteiger partial charge in [-0.05, 0) is 30.4 Å². The first-order chi connectivity index (χ1) is 8.18. The Bertz CT molecular complexity index is 313. The summed E-state index contributed by atoms with van der Waals surface area (Å²) in [5.74, 6) is 0.723. The minimum absolute atomic E-state index is 0.723. The van der Waals surface area contributed by atoms with Crippen LogP contribution < -0.4 is 5.32 Å². The summed E-state index contributed by atoms with van der Waals surface area (Å²) in [6.45, 7) is 9.90. The fourth-order valence-electron chi connectivity index (χ4n) is 1.51. The highest BCUT2D eigenvalue weighted by molar-refractivity contribution is 5.16. The van der Waals surface area contributed by atoms with Gasteiger partial charge in [0.25, 0.3) is 0 Å². The molecule has 3 heteroatoms. The first-order valence-corrected chi connectivity index (χ1v) is 6.37. The second-order valence-electron chi connectivity index (χ2n) is 4.84. The highest BCUT2D eigenvalue weighted by Crippen LogP contribution is 2.00. The van der Waals surface area contributed by atoms with E-state index in [-0.39, 0.29) is 0 Å². The van der Waals surface area contributed by atoms with Gasteiger partial charge in [-0.25, -0.2) is 0 Å². The van der Waals surface area contributed by atoms with E-state index in [0.717, 1.165) is 38.6 Å². The molecule has 0 aliphatic carbocycles. The van der Waals surface area contributed by atoms with Gasteiger partial charge in [0.15, 0.2) is 0 Å². The Balaban J connectivity index is 2.01. The van der Waals surface area contributed by atoms with Crippen LogP contribution in [-0.4, -0.2) is 24.7 Å². The van der Waals surface area contributed by atoms with Crippen LogP contribution in [0, 0.1) is 12.8 Å². The van der Waals surface area contributed by atoms with Crippen LogP contribution in [0.4, 0.5) is 0 Å². The highest BCUT2D eigenvalue weighted by Gasteiger charge is 1.95. The average molecular weight is 236 g/mol. The van der Waals surface area contributed by atoms with Crippen molar-refractivity contribution in [3.8, 4) is 0 Å². The summed E-state index contributed by atoms with van der Waals surface area (Å²) in [5, 5.41) is 3.35. The molecule has 0 fully saturated rings. The smallest absolute Gasteiger partial charge is 0.0591 e. The number of nitrogens with zero attached hydrogens (tertiary/aromatic N) is 1. The van der Waals surface area contributed by atoms with Gasteiger partial charge in [0, 0.05) is 32.1 Å². The maximum absolute atomic E-state index is 5.53. The molecule has 0 atom stereocenters. The summed E-state index contributed by atoms with van der Waals surface area (Å²) in [7, 11) is 0. The molecule has 0 unspecified atom stereocenters. The first-order valence-electron chi connectivity index (χ1n) is 6.37. The zero-order valence-electron chi connectivity index (χ0n) is 11.2. The van der Waals surface area contributed by atoms with E-state index in [0.29, 0.717) is 0 Å². The number of nitrogens with one attached hydrogen (secondary N) is 1. The Kier molecular flexibility index (Phi) is 6.82. The van der Waals surface area contributed by atoms with E-state index in [9.17, 15) is 0 Å². The fourth-order valence-corrected chi connectivity index (χ4v) is 1.51. The monoisotopic (exact) mass is 236 g/mol. The molecule has 1 aromatic heterocycles. The lowest BCUT2D eigenvalue weighted by atomic mass is 10.1. The van der Waals surface area contributed by atoms with Gasteiger partial charge in [-0.1, -0.05) is 19.9 Å². The minimum atomic E-state index is 0.723. The largest absolute Gasteiger partial charge is 0.380 e. The van der Waals surface area contributed by atoms with Crippen molar-refractivity contribution in [2.24, 2.45) is 5.92 Å². The van der Waals surface area contributed by atoms with Crippen LogP contribution in [0.1, 0.15) is 31.4 Å². The Morgan fingerprint density at radius 2 is 2.12 bits per heavy atom. The van der Waals surface area contributed by atoms with E-state index in [2.05, 4.69) is 37.1 Å². The van der Waals surface area contributed by atoms with Gasteiger partial charge in [-0.3, -0.25) is 4.98 Å². The molecule has 17 heavy (non-hydrogen) atoms. The van der Waals surface area contributed by atoms with Crippen LogP contribution in [-0.2, 0) is 11.3 Å². The van der Waals surface area contributed by atoms with Crippen LogP contribution in [0.5, 0.6) is 0 Å². The molecular weight excluding hydrogens is 212 g/mol. The molecule has 0 saturated carbocycles. The first kappa shape index (κ1) is 14.1. The number of pyridine rings is 1. The molecule has 0 saturated heterocycles. The molecule has 1 N–H and O–H groups in total. The summed E-state index contributed by atoms with van der Waals surface area (Å²) in [6.07, 6.45) is 4.92. The number of ether oxygens (including phenoxy) is 1. The van der Waals surface area contributed by atoms with Gasteiger partial charge < -0.3 is 10.1 Å². The van der Waals surface area contributed by atoms with E-state index in [4.69, 9.17) is 4.74 Å². The molecule has 3 nitrogen and oxygen atoms in total. The van der Waals surface area contributed by atoms with Gasteiger partial charge in [-0.15, -0.1) is 0 Å². The zero-order valence-corrected chi connectivity index (χ0v) is 11.2. The van der Waals surface area contributed by atoms with Gasteiger partial charge in [0.05, 0.1) is 6.61 Å². The molecule has 1 aromatic rings. The third-order valence-electron chi connectivity index (χ3n) is 2.52. The summed E-state index contributed by atoms with van der Waals surface area (Å²) in [5.41, 5.74) is 2.43. The molecule has 1 rings (SSSR count). The lowest BCUT2D eigenvalue weighted by Crippen LogP contribution is -2.19. The van der Waals surface area contributed by atoms with Crippen molar-refractivity contribution < 1.29 is 4.74 Å². The van der Waals surface area contributed by atoms with Gasteiger partial charge in [0.2, 0.25) is 0 Å². The van der Waals surface area contributed by atoms with Crippen molar-refractivity contribution in [3.05, 3.63) is 29.6 Å². The van der Waals surface area contributed by atoms with Crippen LogP contribution in [0.3, 0.4) is 0 Å². The molecule has 1 heterocycles. The Hall–Kier alpha value is -0.930. The van der Waals surface area contributed by atoms with Crippen molar-refractivity contribution in [2.75, 3.05) is 19.8 Å². The Labute approximate surface area is 105 Å². The lowest BCUT2D eigenvalue weighted by molar-refractivity contribution is 0.125. The number of aryl methyl sites for hydroxylation is 1. The van der Waals surface area contributed by atoms with Crippen LogP contribution >= 0.6 is 0 Å². The molecule has 0 amide bonds. The van der Waals surface area contributed by atoms with Crippen molar-refractivity contribution in [2.45, 2.75) is 33.7 Å². The highest BCUT2D eigenvalue weighted by atomic mass is 16.5. The number of hydrogen-bond acceptors (Lipinski definition) is 3. The van der Waals surface area contributed by atoms with Crippen molar-refractivity contribution in [1.29, 1.82) is 0 Å². The molecule has 0 aliphatic heterocycles. The number of rotatable bonds is 8. The van der Waals surface area contributed by atoms with E-state index in [1.807, 2.05) is 12.4 Å². The van der Waals surface area contributed by atoms with Crippen molar-refractivity contribution >= 4 is 0 Å². The van der Waals surface area contributed by atoms with E-state index in [1.54, 1.807) is 0 Å². The SMILES string of the molecule is Cc1cncc(CNCCOCCC(C)C)c1. The van der Waals surface area contributed by atoms with Gasteiger partial charge in [-0.2, -0.15) is 0 Å². The Morgan fingerprint density at radius 3 is 2.82 bits per heavy atom. The molecule has 96 valence electrons. The molecular formula is C14H24N2O. The molecule has 0 bridgehead atoms. The summed E-state index contributed by atoms with van der Waals surface area (Å²) < 4.78 is 5.53. The second-order valence-corrected chi connectivity index (χ2v) is 4.84. The standard InChI is InChI=1S/C14H24N2O/c1-12(2)4-6-17-7-5-15-10-14-8-13(3)9-16-11-14/h8-9,11-12,15H,4-7,10H2,1-3H3. The van der Waals surface area contributed by atoms with Crippen molar-refractivity contribution in [3.63, 3.8) is 0 Å². The maximum atomic E-state index is 5.53. The minimum Gasteiger partial charge on any atom is -0.380 e. The van der Waals surface area contributed by atoms with Gasteiger partial charge >= 0.3 is 0 Å². The van der Waals surface area contributed by atoms with Crippen LogP contribution in [0.2, 0.25) is 0 Å². The van der Waals surface area contributed by atoms with Crippen LogP contribution in [0.15, 0.2) is 18.5 Å². The topological polar surface area (TPSA) is 34.2 Å². The van der Waals surface area contributed by atoms with E-state index in [1.165, 1.54) is 11.1 Å². The van der Waals surface area contributed by atoms with E-state index < -0.39 is 0 Å². The number of aromatic nitrogens is 1. The average Bonchev–Trinajstić information content (AvgIpc) is 2.27. The zero-order chi connectivity index (χ0) is 12.5. The molecule has 0 aromatic carbocycles. The number of hydrogen-bond donors (Lipinski definition) is 1. The third-order valence-corrected chi connectivity index (χ3v) is 2.52. The summed E-state index contributed by atoms with van der Waals surface area (Å²) in [6, 6.07) is 2.15. The maximum Gasteiger partial charge on any atom is 0.0591 e. The second kappa shape index (κ2) is 8.20. The van der Waals surface area contributed by atoms with Gasteiger partial charge in [0.1, 0.15) is 0 Å². The molecule has 0 spiro atoms. The molecule has 0 radical (unpaired) electrons. The normalized spacial score (nSPS) is 11.1. The lowest BCUT2D eigenvalue weighted by Gasteiger charge is -2.07. The third kappa shape index (κ3) is 7.08. The fraction of sp³-hybridized carbons (Fsp3) is 0.643. The van der Waals surface area contributed by atoms with Crippen LogP contribution in [0.25, 0.3) is 0 Å². The van der Waals surface area contributed by atoms with Crippen molar-refractivity contribution in [1.82, 2.24) is 10.3 Å². The summed E-state index contributed by atoms with van der Waals surface area (Å²) in [4.78, 5) is 4.16. The summed E-state index contributed by atoms with van der Waals surface area (Å²) >= 11 is 0. The Morgan fingerprint density at radius 1 is 1.29 bits per heavy atom. The quantitative estimate of drug-likeness (QED) is 0.704. The predicted molar refractivity (Wildman–Crippen MR) is 71.0 cm³/mol. The molecule has 0 aliphatic rings. The van der Waals surface area contributed by atoms with E-state index >= 15 is 0 Å².